The lowest BCUT2D eigenvalue weighted by Gasteiger charge is -2.27. The lowest BCUT2D eigenvalue weighted by molar-refractivity contribution is -0.138. The van der Waals surface area contributed by atoms with Crippen molar-refractivity contribution in [3.05, 3.63) is 124 Å². The number of halogens is 1. The van der Waals surface area contributed by atoms with Crippen LogP contribution in [0.4, 0.5) is 0 Å². The van der Waals surface area contributed by atoms with E-state index in [9.17, 15) is 14.4 Å². The summed E-state index contributed by atoms with van der Waals surface area (Å²) < 4.78 is 16.6. The van der Waals surface area contributed by atoms with Crippen molar-refractivity contribution in [2.45, 2.75) is 13.1 Å². The Morgan fingerprint density at radius 2 is 1.76 bits per heavy atom. The Kier molecular flexibility index (Phi) is 8.50. The quantitative estimate of drug-likeness (QED) is 0.186. The van der Waals surface area contributed by atoms with Gasteiger partial charge in [-0.25, -0.2) is 0 Å². The lowest BCUT2D eigenvalue weighted by Crippen LogP contribution is -2.42. The monoisotopic (exact) mass is 570 g/mol. The maximum atomic E-state index is 13.7. The largest absolute Gasteiger partial charge is 0.464 e. The molecule has 0 saturated heterocycles. The Hall–Kier alpha value is -4.82. The Morgan fingerprint density at radius 3 is 2.56 bits per heavy atom. The van der Waals surface area contributed by atoms with Gasteiger partial charge in [0, 0.05) is 24.2 Å². The molecular weight excluding hydrogens is 544 g/mol. The summed E-state index contributed by atoms with van der Waals surface area (Å²) in [5.74, 6) is 0.484. The molecule has 0 aliphatic carbocycles. The third kappa shape index (κ3) is 6.67. The van der Waals surface area contributed by atoms with Crippen LogP contribution in [0.25, 0.3) is 17.0 Å². The number of fused-ring (bicyclic) bond motifs is 2. The molecule has 208 valence electrons. The normalized spacial score (nSPS) is 12.0. The van der Waals surface area contributed by atoms with Crippen molar-refractivity contribution in [3.8, 4) is 11.5 Å². The molecule has 5 rings (SSSR count). The minimum Gasteiger partial charge on any atom is -0.464 e. The predicted octanol–water partition coefficient (Wildman–Crippen LogP) is 5.43. The highest BCUT2D eigenvalue weighted by Crippen LogP contribution is 2.33. The second-order valence-corrected chi connectivity index (χ2v) is 9.86. The number of hydrogen-bond donors (Lipinski definition) is 0. The van der Waals surface area contributed by atoms with Crippen LogP contribution < -0.4 is 14.9 Å². The summed E-state index contributed by atoms with van der Waals surface area (Å²) in [5.41, 5.74) is 2.01. The minimum atomic E-state index is -0.364. The van der Waals surface area contributed by atoms with Gasteiger partial charge >= 0.3 is 0 Å². The van der Waals surface area contributed by atoms with Crippen LogP contribution in [0.3, 0.4) is 0 Å². The SMILES string of the molecule is C=CCN(CC(=O)N(Cc1ccc2c(c1)OCO2)Cc1coc2ccc(Cl)cc2c1=O)C(=O)/C=C/c1ccccc1. The van der Waals surface area contributed by atoms with Crippen LogP contribution in [0.2, 0.25) is 5.02 Å². The summed E-state index contributed by atoms with van der Waals surface area (Å²) in [5, 5.41) is 0.720. The first-order chi connectivity index (χ1) is 19.9. The second kappa shape index (κ2) is 12.6. The zero-order valence-electron chi connectivity index (χ0n) is 22.1. The Bertz CT molecular complexity index is 1680. The maximum absolute atomic E-state index is 13.7. The molecule has 1 aliphatic rings. The second-order valence-electron chi connectivity index (χ2n) is 9.42. The minimum absolute atomic E-state index is 0.0476. The number of ether oxygens (including phenoxy) is 2. The van der Waals surface area contributed by atoms with Crippen LogP contribution in [-0.2, 0) is 22.7 Å². The zero-order chi connectivity index (χ0) is 28.8. The lowest BCUT2D eigenvalue weighted by atomic mass is 10.1. The van der Waals surface area contributed by atoms with Crippen molar-refractivity contribution in [3.63, 3.8) is 0 Å². The fourth-order valence-electron chi connectivity index (χ4n) is 4.44. The van der Waals surface area contributed by atoms with E-state index in [0.29, 0.717) is 27.5 Å². The van der Waals surface area contributed by atoms with Gasteiger partial charge < -0.3 is 23.7 Å². The summed E-state index contributed by atoms with van der Waals surface area (Å²) in [6, 6.07) is 19.6. The van der Waals surface area contributed by atoms with Crippen molar-refractivity contribution >= 4 is 40.5 Å². The highest BCUT2D eigenvalue weighted by Gasteiger charge is 2.23. The summed E-state index contributed by atoms with van der Waals surface area (Å²) in [4.78, 5) is 43.0. The summed E-state index contributed by atoms with van der Waals surface area (Å²) in [7, 11) is 0. The maximum Gasteiger partial charge on any atom is 0.247 e. The van der Waals surface area contributed by atoms with Gasteiger partial charge in [0.1, 0.15) is 12.1 Å². The molecule has 1 aliphatic heterocycles. The molecule has 9 heteroatoms. The standard InChI is InChI=1S/C32H27ClN2O6/c1-2-14-34(30(36)13-9-22-6-4-3-5-7-22)19-31(37)35(17-23-8-11-28-29(15-23)41-21-40-28)18-24-20-39-27-12-10-25(33)16-26(27)32(24)38/h2-13,15-16,20H,1,14,17-19,21H2/b13-9+. The third-order valence-electron chi connectivity index (χ3n) is 6.54. The fourth-order valence-corrected chi connectivity index (χ4v) is 4.61. The van der Waals surface area contributed by atoms with Crippen LogP contribution >= 0.6 is 11.6 Å². The van der Waals surface area contributed by atoms with Gasteiger partial charge in [-0.15, -0.1) is 6.58 Å². The van der Waals surface area contributed by atoms with Crippen molar-refractivity contribution < 1.29 is 23.5 Å². The topological polar surface area (TPSA) is 89.3 Å². The Morgan fingerprint density at radius 1 is 0.951 bits per heavy atom. The predicted molar refractivity (Wildman–Crippen MR) is 157 cm³/mol. The van der Waals surface area contributed by atoms with Gasteiger partial charge in [0.2, 0.25) is 18.6 Å². The molecule has 0 fully saturated rings. The van der Waals surface area contributed by atoms with E-state index in [1.807, 2.05) is 36.4 Å². The third-order valence-corrected chi connectivity index (χ3v) is 6.77. The van der Waals surface area contributed by atoms with E-state index in [-0.39, 0.29) is 55.8 Å². The summed E-state index contributed by atoms with van der Waals surface area (Å²) in [6.07, 6.45) is 6.04. The van der Waals surface area contributed by atoms with Gasteiger partial charge in [-0.2, -0.15) is 0 Å². The van der Waals surface area contributed by atoms with E-state index in [1.165, 1.54) is 22.1 Å². The van der Waals surface area contributed by atoms with E-state index in [1.54, 1.807) is 42.5 Å². The van der Waals surface area contributed by atoms with E-state index >= 15 is 0 Å². The highest BCUT2D eigenvalue weighted by molar-refractivity contribution is 6.31. The molecule has 2 amide bonds. The number of carbonyl (C=O) groups excluding carboxylic acids is 2. The van der Waals surface area contributed by atoms with Gasteiger partial charge in [-0.1, -0.05) is 54.1 Å². The first-order valence-corrected chi connectivity index (χ1v) is 13.3. The number of benzene rings is 3. The van der Waals surface area contributed by atoms with Gasteiger partial charge in [-0.05, 0) is 47.5 Å². The molecule has 0 unspecified atom stereocenters. The van der Waals surface area contributed by atoms with E-state index < -0.39 is 0 Å². The zero-order valence-corrected chi connectivity index (χ0v) is 22.9. The van der Waals surface area contributed by atoms with Crippen molar-refractivity contribution in [2.75, 3.05) is 19.9 Å². The average Bonchev–Trinajstić information content (AvgIpc) is 3.45. The van der Waals surface area contributed by atoms with Crippen molar-refractivity contribution in [1.82, 2.24) is 9.80 Å². The van der Waals surface area contributed by atoms with Gasteiger partial charge in [-0.3, -0.25) is 14.4 Å². The molecule has 1 aromatic heterocycles. The molecule has 41 heavy (non-hydrogen) atoms. The molecule has 3 aromatic carbocycles. The van der Waals surface area contributed by atoms with Crippen LogP contribution in [0.15, 0.2) is 101 Å². The van der Waals surface area contributed by atoms with Gasteiger partial charge in [0.05, 0.1) is 23.8 Å². The highest BCUT2D eigenvalue weighted by atomic mass is 35.5. The molecular formula is C32H27ClN2O6. The van der Waals surface area contributed by atoms with Crippen molar-refractivity contribution in [1.29, 1.82) is 0 Å². The average molecular weight is 571 g/mol. The first kappa shape index (κ1) is 27.7. The van der Waals surface area contributed by atoms with E-state index in [4.69, 9.17) is 25.5 Å². The van der Waals surface area contributed by atoms with Crippen LogP contribution in [0.5, 0.6) is 11.5 Å². The van der Waals surface area contributed by atoms with Crippen LogP contribution in [0, 0.1) is 0 Å². The molecule has 4 aromatic rings. The first-order valence-electron chi connectivity index (χ1n) is 12.9. The van der Waals surface area contributed by atoms with E-state index in [2.05, 4.69) is 6.58 Å². The number of nitrogens with zero attached hydrogens (tertiary/aromatic N) is 2. The molecule has 0 N–H and O–H groups in total. The Balaban J connectivity index is 1.42. The fraction of sp³-hybridized carbons (Fsp3) is 0.156. The molecule has 0 radical (unpaired) electrons. The van der Waals surface area contributed by atoms with Gasteiger partial charge in [0.15, 0.2) is 16.9 Å². The number of amides is 2. The summed E-state index contributed by atoms with van der Waals surface area (Å²) >= 11 is 6.12. The molecule has 0 bridgehead atoms. The van der Waals surface area contributed by atoms with Crippen molar-refractivity contribution in [2.24, 2.45) is 0 Å². The van der Waals surface area contributed by atoms with E-state index in [0.717, 1.165) is 11.1 Å². The smallest absolute Gasteiger partial charge is 0.247 e. The van der Waals surface area contributed by atoms with Crippen LogP contribution in [0.1, 0.15) is 16.7 Å². The van der Waals surface area contributed by atoms with Gasteiger partial charge in [0.25, 0.3) is 0 Å². The molecule has 0 saturated carbocycles. The number of rotatable bonds is 10. The molecule has 8 nitrogen and oxygen atoms in total. The number of hydrogen-bond acceptors (Lipinski definition) is 6. The summed E-state index contributed by atoms with van der Waals surface area (Å²) in [6.45, 7) is 3.90. The van der Waals surface area contributed by atoms with Crippen LogP contribution in [-0.4, -0.2) is 41.5 Å². The molecule has 0 atom stereocenters. The molecule has 2 heterocycles. The molecule has 0 spiro atoms. The number of carbonyl (C=O) groups is 2. The Labute approximate surface area is 241 Å².